The summed E-state index contributed by atoms with van der Waals surface area (Å²) in [6, 6.07) is 15.7. The Morgan fingerprint density at radius 1 is 1.10 bits per heavy atom. The van der Waals surface area contributed by atoms with Gasteiger partial charge in [-0.2, -0.15) is 0 Å². The molecule has 0 aliphatic carbocycles. The maximum atomic E-state index is 12.8. The maximum absolute atomic E-state index is 12.8. The normalized spacial score (nSPS) is 26.9. The minimum atomic E-state index is -0.160. The van der Waals surface area contributed by atoms with Gasteiger partial charge < -0.3 is 24.4 Å². The van der Waals surface area contributed by atoms with Crippen molar-refractivity contribution in [3.8, 4) is 11.5 Å². The van der Waals surface area contributed by atoms with Crippen molar-refractivity contribution in [1.82, 2.24) is 10.2 Å². The smallest absolute Gasteiger partial charge is 0.251 e. The monoisotopic (exact) mass is 408 g/mol. The van der Waals surface area contributed by atoms with Gasteiger partial charge in [-0.05, 0) is 55.6 Å². The number of amides is 1. The first kappa shape index (κ1) is 19.4. The number of ether oxygens (including phenoxy) is 3. The van der Waals surface area contributed by atoms with Crippen molar-refractivity contribution in [2.24, 2.45) is 5.92 Å². The molecule has 1 amide bonds. The zero-order valence-corrected chi connectivity index (χ0v) is 17.1. The van der Waals surface area contributed by atoms with Gasteiger partial charge >= 0.3 is 0 Å². The van der Waals surface area contributed by atoms with E-state index in [4.69, 9.17) is 14.2 Å². The van der Waals surface area contributed by atoms with Crippen LogP contribution < -0.4 is 14.8 Å². The van der Waals surface area contributed by atoms with Crippen molar-refractivity contribution in [3.63, 3.8) is 0 Å². The summed E-state index contributed by atoms with van der Waals surface area (Å²) in [4.78, 5) is 15.2. The van der Waals surface area contributed by atoms with Gasteiger partial charge in [0.25, 0.3) is 5.91 Å². The molecule has 30 heavy (non-hydrogen) atoms. The second-order valence-corrected chi connectivity index (χ2v) is 8.43. The van der Waals surface area contributed by atoms with E-state index in [1.807, 2.05) is 42.5 Å². The molecule has 4 aliphatic rings. The molecule has 0 radical (unpaired) electrons. The van der Waals surface area contributed by atoms with E-state index >= 15 is 0 Å². The molecule has 2 bridgehead atoms. The van der Waals surface area contributed by atoms with Crippen molar-refractivity contribution in [2.45, 2.75) is 31.6 Å². The quantitative estimate of drug-likeness (QED) is 0.797. The zero-order valence-electron chi connectivity index (χ0n) is 17.1. The lowest BCUT2D eigenvalue weighted by Crippen LogP contribution is -2.57. The summed E-state index contributed by atoms with van der Waals surface area (Å²) >= 11 is 0. The SMILES string of the molecule is O=C(N[C@H]1CN2CCC1CC2)c1ccc2c(c1)OC[C@@H](COCc1ccccc1)O2. The molecule has 2 atom stereocenters. The maximum Gasteiger partial charge on any atom is 0.251 e. The number of carbonyl (C=O) groups is 1. The molecule has 3 fully saturated rings. The van der Waals surface area contributed by atoms with E-state index in [1.165, 1.54) is 12.8 Å². The Hall–Kier alpha value is -2.57. The van der Waals surface area contributed by atoms with Gasteiger partial charge in [0.1, 0.15) is 6.61 Å². The van der Waals surface area contributed by atoms with Gasteiger partial charge in [0.05, 0.1) is 13.2 Å². The summed E-state index contributed by atoms with van der Waals surface area (Å²) in [5.41, 5.74) is 1.75. The van der Waals surface area contributed by atoms with Crippen LogP contribution in [0.5, 0.6) is 11.5 Å². The lowest BCUT2D eigenvalue weighted by atomic mass is 9.84. The largest absolute Gasteiger partial charge is 0.486 e. The van der Waals surface area contributed by atoms with Gasteiger partial charge in [0.2, 0.25) is 0 Å². The van der Waals surface area contributed by atoms with E-state index in [0.717, 1.165) is 25.2 Å². The first-order chi connectivity index (χ1) is 14.7. The van der Waals surface area contributed by atoms with Crippen LogP contribution in [0.1, 0.15) is 28.8 Å². The number of piperidine rings is 3. The standard InChI is InChI=1S/C24H28N2O4/c27-24(25-21-13-26-10-8-18(21)9-11-26)19-6-7-22-23(12-19)29-16-20(30-22)15-28-14-17-4-2-1-3-5-17/h1-7,12,18,20-21H,8-11,13-16H2,(H,25,27)/t20-,21+/m1/s1. The molecule has 6 heteroatoms. The van der Waals surface area contributed by atoms with E-state index in [-0.39, 0.29) is 18.1 Å². The van der Waals surface area contributed by atoms with Crippen LogP contribution in [0.25, 0.3) is 0 Å². The van der Waals surface area contributed by atoms with E-state index in [1.54, 1.807) is 6.07 Å². The Balaban J connectivity index is 1.15. The summed E-state index contributed by atoms with van der Waals surface area (Å²) in [6.07, 6.45) is 2.20. The Kier molecular flexibility index (Phi) is 5.60. The number of carbonyl (C=O) groups excluding carboxylic acids is 1. The summed E-state index contributed by atoms with van der Waals surface area (Å²) < 4.78 is 17.7. The average Bonchev–Trinajstić information content (AvgIpc) is 2.80. The molecule has 0 saturated carbocycles. The van der Waals surface area contributed by atoms with Crippen molar-refractivity contribution in [1.29, 1.82) is 0 Å². The Bertz CT molecular complexity index is 880. The third kappa shape index (κ3) is 4.30. The second kappa shape index (κ2) is 8.66. The number of nitrogens with zero attached hydrogens (tertiary/aromatic N) is 1. The van der Waals surface area contributed by atoms with Crippen molar-refractivity contribution in [2.75, 3.05) is 32.8 Å². The van der Waals surface area contributed by atoms with E-state index < -0.39 is 0 Å². The highest BCUT2D eigenvalue weighted by atomic mass is 16.6. The molecule has 4 aliphatic heterocycles. The molecule has 158 valence electrons. The third-order valence-electron chi connectivity index (χ3n) is 6.31. The predicted molar refractivity (Wildman–Crippen MR) is 113 cm³/mol. The fraction of sp³-hybridized carbons (Fsp3) is 0.458. The molecule has 0 unspecified atom stereocenters. The van der Waals surface area contributed by atoms with Crippen LogP contribution in [-0.2, 0) is 11.3 Å². The molecule has 2 aromatic rings. The van der Waals surface area contributed by atoms with Crippen LogP contribution in [0.4, 0.5) is 0 Å². The van der Waals surface area contributed by atoms with E-state index in [0.29, 0.717) is 42.8 Å². The molecular weight excluding hydrogens is 380 g/mol. The summed E-state index contributed by atoms with van der Waals surface area (Å²) in [5, 5.41) is 3.23. The van der Waals surface area contributed by atoms with Gasteiger partial charge in [0, 0.05) is 18.2 Å². The molecule has 0 spiro atoms. The topological polar surface area (TPSA) is 60.0 Å². The molecule has 6 nitrogen and oxygen atoms in total. The highest BCUT2D eigenvalue weighted by Crippen LogP contribution is 2.33. The van der Waals surface area contributed by atoms with Crippen LogP contribution in [0.15, 0.2) is 48.5 Å². The van der Waals surface area contributed by atoms with Crippen molar-refractivity contribution >= 4 is 5.91 Å². The van der Waals surface area contributed by atoms with Gasteiger partial charge in [-0.25, -0.2) is 0 Å². The van der Waals surface area contributed by atoms with Gasteiger partial charge in [-0.15, -0.1) is 0 Å². The first-order valence-corrected chi connectivity index (χ1v) is 10.8. The fourth-order valence-corrected chi connectivity index (χ4v) is 4.60. The first-order valence-electron chi connectivity index (χ1n) is 10.8. The number of nitrogens with one attached hydrogen (secondary N) is 1. The molecule has 6 rings (SSSR count). The number of hydrogen-bond acceptors (Lipinski definition) is 5. The van der Waals surface area contributed by atoms with Crippen LogP contribution in [0.3, 0.4) is 0 Å². The number of fused-ring (bicyclic) bond motifs is 4. The van der Waals surface area contributed by atoms with Gasteiger partial charge in [-0.1, -0.05) is 30.3 Å². The molecular formula is C24H28N2O4. The molecule has 4 heterocycles. The predicted octanol–water partition coefficient (Wildman–Crippen LogP) is 2.87. The summed E-state index contributed by atoms with van der Waals surface area (Å²) in [5.74, 6) is 1.85. The van der Waals surface area contributed by atoms with Crippen LogP contribution >= 0.6 is 0 Å². The number of hydrogen-bond donors (Lipinski definition) is 1. The Morgan fingerprint density at radius 3 is 2.70 bits per heavy atom. The van der Waals surface area contributed by atoms with E-state index in [9.17, 15) is 4.79 Å². The van der Waals surface area contributed by atoms with Crippen LogP contribution in [0.2, 0.25) is 0 Å². The zero-order chi connectivity index (χ0) is 20.3. The van der Waals surface area contributed by atoms with Gasteiger partial charge in [-0.3, -0.25) is 4.79 Å². The van der Waals surface area contributed by atoms with Crippen LogP contribution in [-0.4, -0.2) is 55.8 Å². The fourth-order valence-electron chi connectivity index (χ4n) is 4.60. The van der Waals surface area contributed by atoms with Crippen molar-refractivity contribution in [3.05, 3.63) is 59.7 Å². The average molecular weight is 408 g/mol. The van der Waals surface area contributed by atoms with Crippen LogP contribution in [0, 0.1) is 5.92 Å². The van der Waals surface area contributed by atoms with E-state index in [2.05, 4.69) is 10.2 Å². The minimum Gasteiger partial charge on any atom is -0.486 e. The Morgan fingerprint density at radius 2 is 1.93 bits per heavy atom. The molecule has 1 N–H and O–H groups in total. The number of benzene rings is 2. The number of rotatable bonds is 6. The highest BCUT2D eigenvalue weighted by Gasteiger charge is 2.35. The lowest BCUT2D eigenvalue weighted by molar-refractivity contribution is 0.00267. The second-order valence-electron chi connectivity index (χ2n) is 8.43. The molecule has 2 aromatic carbocycles. The summed E-state index contributed by atoms with van der Waals surface area (Å²) in [6.45, 7) is 4.70. The molecule has 0 aromatic heterocycles. The summed E-state index contributed by atoms with van der Waals surface area (Å²) in [7, 11) is 0. The minimum absolute atomic E-state index is 0.0338. The highest BCUT2D eigenvalue weighted by molar-refractivity contribution is 5.95. The van der Waals surface area contributed by atoms with Gasteiger partial charge in [0.15, 0.2) is 17.6 Å². The van der Waals surface area contributed by atoms with Crippen molar-refractivity contribution < 1.29 is 19.0 Å². The molecule has 3 saturated heterocycles. The lowest BCUT2D eigenvalue weighted by Gasteiger charge is -2.44. The Labute approximate surface area is 177 Å². The third-order valence-corrected chi connectivity index (χ3v) is 6.31.